The maximum Gasteiger partial charge on any atom is 0.321 e. The van der Waals surface area contributed by atoms with Crippen molar-refractivity contribution in [3.05, 3.63) is 52.4 Å². The second-order valence-electron chi connectivity index (χ2n) is 9.84. The average molecular weight is 494 g/mol. The molecule has 3 N–H and O–H groups in total. The Bertz CT molecular complexity index is 1090. The summed E-state index contributed by atoms with van der Waals surface area (Å²) in [5, 5.41) is 16.6. The fraction of sp³-hybridized carbons (Fsp3) is 0.458. The lowest BCUT2D eigenvalue weighted by atomic mass is 9.54. The highest BCUT2D eigenvalue weighted by Gasteiger charge is 2.73. The van der Waals surface area contributed by atoms with E-state index in [0.717, 1.165) is 25.1 Å². The van der Waals surface area contributed by atoms with E-state index in [2.05, 4.69) is 36.1 Å². The second kappa shape index (κ2) is 8.22. The molecule has 6 nitrogen and oxygen atoms in total. The molecule has 3 atom stereocenters. The van der Waals surface area contributed by atoms with Crippen LogP contribution in [0.2, 0.25) is 5.02 Å². The zero-order valence-corrected chi connectivity index (χ0v) is 19.9. The molecule has 0 aromatic heterocycles. The third-order valence-electron chi connectivity index (χ3n) is 7.47. The fourth-order valence-corrected chi connectivity index (χ4v) is 6.12. The summed E-state index contributed by atoms with van der Waals surface area (Å²) in [7, 11) is 0. The van der Waals surface area contributed by atoms with Gasteiger partial charge in [0.15, 0.2) is 0 Å². The van der Waals surface area contributed by atoms with Crippen molar-refractivity contribution < 1.29 is 19.1 Å². The lowest BCUT2D eigenvalue weighted by molar-refractivity contribution is -0.140. The van der Waals surface area contributed by atoms with Crippen LogP contribution in [-0.2, 0) is 15.0 Å². The molecule has 1 aliphatic carbocycles. The zero-order valence-electron chi connectivity index (χ0n) is 18.4. The maximum absolute atomic E-state index is 15.9. The van der Waals surface area contributed by atoms with Crippen molar-refractivity contribution in [2.24, 2.45) is 16.3 Å². The number of fused-ring (bicyclic) bond motifs is 3. The van der Waals surface area contributed by atoms with Crippen LogP contribution in [0.1, 0.15) is 45.1 Å². The minimum atomic E-state index is -1.47. The van der Waals surface area contributed by atoms with Gasteiger partial charge < -0.3 is 10.4 Å². The summed E-state index contributed by atoms with van der Waals surface area (Å²) in [5.41, 5.74) is -1.35. The van der Waals surface area contributed by atoms with Gasteiger partial charge in [-0.2, -0.15) is 0 Å². The highest BCUT2D eigenvalue weighted by Crippen LogP contribution is 2.62. The van der Waals surface area contributed by atoms with Crippen LogP contribution in [0.3, 0.4) is 0 Å². The van der Waals surface area contributed by atoms with E-state index in [1.165, 1.54) is 0 Å². The van der Waals surface area contributed by atoms with Crippen LogP contribution >= 0.6 is 23.2 Å². The first-order valence-electron chi connectivity index (χ1n) is 10.8. The number of rotatable bonds is 4. The fourth-order valence-electron chi connectivity index (χ4n) is 5.89. The summed E-state index contributed by atoms with van der Waals surface area (Å²) in [6.07, 6.45) is 4.75. The summed E-state index contributed by atoms with van der Waals surface area (Å²) < 4.78 is 15.9. The highest BCUT2D eigenvalue weighted by atomic mass is 35.5. The molecule has 4 rings (SSSR count). The van der Waals surface area contributed by atoms with Gasteiger partial charge in [-0.25, -0.2) is 9.38 Å². The number of nitrogens with one attached hydrogen (secondary N) is 2. The molecule has 176 valence electrons. The molecule has 9 heteroatoms. The Balaban J connectivity index is 1.97. The van der Waals surface area contributed by atoms with E-state index in [0.29, 0.717) is 29.1 Å². The number of carbonyl (C=O) groups excluding carboxylic acids is 1. The molecule has 0 bridgehead atoms. The molecule has 33 heavy (non-hydrogen) atoms. The van der Waals surface area contributed by atoms with Gasteiger partial charge in [-0.1, -0.05) is 49.7 Å². The van der Waals surface area contributed by atoms with Crippen molar-refractivity contribution in [2.75, 3.05) is 5.32 Å². The van der Waals surface area contributed by atoms with Gasteiger partial charge >= 0.3 is 5.97 Å². The van der Waals surface area contributed by atoms with Gasteiger partial charge in [0.1, 0.15) is 22.4 Å². The third kappa shape index (κ3) is 3.70. The Hall–Kier alpha value is -2.22. The Kier molecular flexibility index (Phi) is 5.96. The Morgan fingerprint density at radius 2 is 1.97 bits per heavy atom. The second-order valence-corrected chi connectivity index (χ2v) is 10.7. The van der Waals surface area contributed by atoms with E-state index in [1.54, 1.807) is 18.2 Å². The number of allylic oxidation sites excluding steroid dienone is 1. The third-order valence-corrected chi connectivity index (χ3v) is 7.80. The number of carboxylic acids is 1. The number of nitrogens with zero attached hydrogens (tertiary/aromatic N) is 1. The van der Waals surface area contributed by atoms with Crippen LogP contribution in [-0.4, -0.2) is 34.8 Å². The Morgan fingerprint density at radius 1 is 1.30 bits per heavy atom. The van der Waals surface area contributed by atoms with Crippen LogP contribution in [0.5, 0.6) is 0 Å². The summed E-state index contributed by atoms with van der Waals surface area (Å²) in [5.74, 6) is -3.72. The smallest absolute Gasteiger partial charge is 0.321 e. The monoisotopic (exact) mass is 493 g/mol. The first-order valence-corrected chi connectivity index (χ1v) is 11.6. The number of carboxylic acid groups (broad SMARTS) is 1. The molecule has 2 heterocycles. The number of hydrogen-bond donors (Lipinski definition) is 3. The normalized spacial score (nSPS) is 30.1. The number of halogens is 3. The minimum Gasteiger partial charge on any atom is -0.480 e. The maximum atomic E-state index is 15.9. The van der Waals surface area contributed by atoms with Gasteiger partial charge in [0.05, 0.1) is 5.92 Å². The predicted octanol–water partition coefficient (Wildman–Crippen LogP) is 5.18. The molecule has 1 unspecified atom stereocenters. The van der Waals surface area contributed by atoms with Crippen molar-refractivity contribution in [3.8, 4) is 0 Å². The number of benzene rings is 1. The average Bonchev–Trinajstić information content (AvgIpc) is 3.18. The summed E-state index contributed by atoms with van der Waals surface area (Å²) in [6, 6.07) is 3.66. The van der Waals surface area contributed by atoms with E-state index in [4.69, 9.17) is 23.2 Å². The van der Waals surface area contributed by atoms with Gasteiger partial charge in [-0.05, 0) is 54.9 Å². The largest absolute Gasteiger partial charge is 0.480 e. The SMILES string of the molecule is C=C(Cl)/N=C\C=C(/F)[C@H]1[C@H](C(=O)O)NC2(CCC(C)(C)CC2)C12C(=O)Nc1cc(Cl)ccc12. The zero-order chi connectivity index (χ0) is 24.2. The molecule has 3 aliphatic rings. The minimum absolute atomic E-state index is 0.0323. The lowest BCUT2D eigenvalue weighted by Gasteiger charge is -2.50. The number of amides is 1. The first-order chi connectivity index (χ1) is 15.4. The van der Waals surface area contributed by atoms with Crippen LogP contribution in [0.15, 0.2) is 46.8 Å². The van der Waals surface area contributed by atoms with E-state index < -0.39 is 40.6 Å². The van der Waals surface area contributed by atoms with Crippen LogP contribution < -0.4 is 10.6 Å². The van der Waals surface area contributed by atoms with Gasteiger partial charge in [0.25, 0.3) is 0 Å². The molecule has 1 aromatic carbocycles. The highest BCUT2D eigenvalue weighted by molar-refractivity contribution is 6.31. The molecule has 1 aromatic rings. The van der Waals surface area contributed by atoms with Crippen LogP contribution in [0.25, 0.3) is 0 Å². The Morgan fingerprint density at radius 3 is 2.58 bits per heavy atom. The number of aliphatic carboxylic acids is 1. The first kappa shape index (κ1) is 23.9. The van der Waals surface area contributed by atoms with Gasteiger partial charge in [0.2, 0.25) is 5.91 Å². The van der Waals surface area contributed by atoms with E-state index in [9.17, 15) is 14.7 Å². The van der Waals surface area contributed by atoms with Crippen LogP contribution in [0, 0.1) is 11.3 Å². The van der Waals surface area contributed by atoms with Crippen molar-refractivity contribution >= 4 is 47.0 Å². The van der Waals surface area contributed by atoms with Crippen LogP contribution in [0.4, 0.5) is 10.1 Å². The summed E-state index contributed by atoms with van der Waals surface area (Å²) >= 11 is 11.8. The molecule has 2 aliphatic heterocycles. The quantitative estimate of drug-likeness (QED) is 0.398. The summed E-state index contributed by atoms with van der Waals surface area (Å²) in [4.78, 5) is 30.0. The number of aliphatic imine (C=N–C) groups is 1. The number of carbonyl (C=O) groups is 2. The van der Waals surface area contributed by atoms with E-state index in [-0.39, 0.29) is 10.6 Å². The number of anilines is 1. The standard InChI is InChI=1S/C24H26Cl2FN3O3/c1-13(25)28-11-6-16(27)18-19(20(31)32)30-23(9-7-22(2,3)8-10-23)24(18)15-5-4-14(26)12-17(15)29-21(24)33/h4-6,11-12,18-19,30H,1,7-10H2,2-3H3,(H,29,33)(H,31,32)/b16-6-,28-11-/t18-,19+,24?/m0/s1. The van der Waals surface area contributed by atoms with Gasteiger partial charge in [-0.3, -0.25) is 14.9 Å². The lowest BCUT2D eigenvalue weighted by Crippen LogP contribution is -2.61. The molecular weight excluding hydrogens is 468 g/mol. The van der Waals surface area contributed by atoms with Crippen molar-refractivity contribution in [2.45, 2.75) is 56.5 Å². The molecule has 2 fully saturated rings. The van der Waals surface area contributed by atoms with Crippen molar-refractivity contribution in [1.29, 1.82) is 0 Å². The molecule has 1 amide bonds. The molecule has 1 saturated carbocycles. The van der Waals surface area contributed by atoms with E-state index >= 15 is 4.39 Å². The van der Waals surface area contributed by atoms with E-state index in [1.807, 2.05) is 0 Å². The van der Waals surface area contributed by atoms with Gasteiger partial charge in [-0.15, -0.1) is 0 Å². The van der Waals surface area contributed by atoms with Crippen molar-refractivity contribution in [3.63, 3.8) is 0 Å². The molecule has 1 saturated heterocycles. The predicted molar refractivity (Wildman–Crippen MR) is 127 cm³/mol. The molecule has 0 radical (unpaired) electrons. The molecule has 2 spiro atoms. The number of hydrogen-bond acceptors (Lipinski definition) is 4. The Labute approximate surface area is 201 Å². The van der Waals surface area contributed by atoms with Crippen molar-refractivity contribution in [1.82, 2.24) is 5.32 Å². The van der Waals surface area contributed by atoms with Gasteiger partial charge in [0, 0.05) is 22.5 Å². The topological polar surface area (TPSA) is 90.8 Å². The summed E-state index contributed by atoms with van der Waals surface area (Å²) in [6.45, 7) is 7.72. The molecular formula is C24H26Cl2FN3O3.